The van der Waals surface area contributed by atoms with E-state index in [2.05, 4.69) is 35.6 Å². The minimum atomic E-state index is 0.0378. The number of aromatic nitrogens is 3. The fourth-order valence-electron chi connectivity index (χ4n) is 4.04. The fraction of sp³-hybridized carbons (Fsp3) is 0.375. The van der Waals surface area contributed by atoms with Crippen LogP contribution in [0.5, 0.6) is 0 Å². The van der Waals surface area contributed by atoms with Crippen LogP contribution < -0.4 is 0 Å². The number of carbonyl (C=O) groups excluding carboxylic acids is 1. The third-order valence-electron chi connectivity index (χ3n) is 5.87. The molecule has 0 atom stereocenters. The Bertz CT molecular complexity index is 1080. The van der Waals surface area contributed by atoms with Crippen molar-refractivity contribution in [1.82, 2.24) is 24.3 Å². The summed E-state index contributed by atoms with van der Waals surface area (Å²) in [4.78, 5) is 26.3. The van der Waals surface area contributed by atoms with Gasteiger partial charge in [-0.25, -0.2) is 4.98 Å². The minimum absolute atomic E-state index is 0.0378. The van der Waals surface area contributed by atoms with Gasteiger partial charge in [0.15, 0.2) is 0 Å². The number of pyridine rings is 1. The van der Waals surface area contributed by atoms with Gasteiger partial charge in [0, 0.05) is 60.3 Å². The van der Waals surface area contributed by atoms with Crippen molar-refractivity contribution in [3.8, 4) is 22.5 Å². The molecule has 0 unspecified atom stereocenters. The van der Waals surface area contributed by atoms with Crippen LogP contribution >= 0.6 is 23.2 Å². The zero-order valence-electron chi connectivity index (χ0n) is 18.6. The number of piperazine rings is 1. The van der Waals surface area contributed by atoms with Crippen molar-refractivity contribution in [3.63, 3.8) is 0 Å². The Morgan fingerprint density at radius 2 is 1.56 bits per heavy atom. The molecule has 2 aromatic heterocycles. The van der Waals surface area contributed by atoms with E-state index in [1.165, 1.54) is 0 Å². The standard InChI is InChI=1S/C24H27Cl2N5O/c1-24(2,3)30-14-12-29(13-15-30)20(32)16-31-22(18-8-10-27-11-9-18)21(28-23(31)26)17-4-6-19(25)7-5-17/h4-11H,12-16H2,1-3H3. The van der Waals surface area contributed by atoms with Gasteiger partial charge in [0.1, 0.15) is 6.54 Å². The van der Waals surface area contributed by atoms with Gasteiger partial charge in [-0.05, 0) is 56.6 Å². The molecule has 168 valence electrons. The molecule has 0 saturated carbocycles. The highest BCUT2D eigenvalue weighted by atomic mass is 35.5. The molecule has 4 rings (SSSR count). The molecular weight excluding hydrogens is 445 g/mol. The summed E-state index contributed by atoms with van der Waals surface area (Å²) in [7, 11) is 0. The van der Waals surface area contributed by atoms with Crippen LogP contribution in [0.25, 0.3) is 22.5 Å². The second-order valence-electron chi connectivity index (χ2n) is 8.95. The lowest BCUT2D eigenvalue weighted by molar-refractivity contribution is -0.134. The Balaban J connectivity index is 1.64. The first-order valence-electron chi connectivity index (χ1n) is 10.7. The predicted molar refractivity (Wildman–Crippen MR) is 129 cm³/mol. The van der Waals surface area contributed by atoms with Crippen molar-refractivity contribution in [2.75, 3.05) is 26.2 Å². The summed E-state index contributed by atoms with van der Waals surface area (Å²) in [6.07, 6.45) is 3.44. The first kappa shape index (κ1) is 22.8. The first-order chi connectivity index (χ1) is 15.2. The summed E-state index contributed by atoms with van der Waals surface area (Å²) in [6.45, 7) is 9.88. The van der Waals surface area contributed by atoms with Crippen LogP contribution in [0.3, 0.4) is 0 Å². The van der Waals surface area contributed by atoms with E-state index >= 15 is 0 Å². The van der Waals surface area contributed by atoms with Gasteiger partial charge in [-0.3, -0.25) is 14.7 Å². The molecule has 1 aliphatic heterocycles. The van der Waals surface area contributed by atoms with Gasteiger partial charge >= 0.3 is 0 Å². The van der Waals surface area contributed by atoms with Crippen molar-refractivity contribution < 1.29 is 4.79 Å². The van der Waals surface area contributed by atoms with E-state index in [-0.39, 0.29) is 23.3 Å². The van der Waals surface area contributed by atoms with Gasteiger partial charge in [-0.2, -0.15) is 0 Å². The van der Waals surface area contributed by atoms with Crippen LogP contribution in [0.4, 0.5) is 0 Å². The van der Waals surface area contributed by atoms with Crippen molar-refractivity contribution in [2.24, 2.45) is 0 Å². The molecule has 0 spiro atoms. The number of amides is 1. The average Bonchev–Trinajstić information content (AvgIpc) is 3.10. The molecule has 32 heavy (non-hydrogen) atoms. The van der Waals surface area contributed by atoms with Crippen LogP contribution in [0.2, 0.25) is 10.3 Å². The third kappa shape index (κ3) is 4.82. The highest BCUT2D eigenvalue weighted by Gasteiger charge is 2.29. The summed E-state index contributed by atoms with van der Waals surface area (Å²) < 4.78 is 1.79. The summed E-state index contributed by atoms with van der Waals surface area (Å²) in [5, 5.41) is 0.928. The Hall–Kier alpha value is -2.41. The normalized spacial score (nSPS) is 15.2. The molecular formula is C24H27Cl2N5O. The van der Waals surface area contributed by atoms with Crippen molar-refractivity contribution in [1.29, 1.82) is 0 Å². The van der Waals surface area contributed by atoms with Crippen molar-refractivity contribution in [3.05, 3.63) is 59.1 Å². The van der Waals surface area contributed by atoms with Crippen LogP contribution in [0.1, 0.15) is 20.8 Å². The minimum Gasteiger partial charge on any atom is -0.339 e. The maximum atomic E-state index is 13.2. The molecule has 1 saturated heterocycles. The second kappa shape index (κ2) is 9.22. The van der Waals surface area contributed by atoms with Gasteiger partial charge < -0.3 is 9.47 Å². The lowest BCUT2D eigenvalue weighted by atomic mass is 10.0. The van der Waals surface area contributed by atoms with E-state index in [1.54, 1.807) is 17.0 Å². The van der Waals surface area contributed by atoms with E-state index in [0.717, 1.165) is 29.9 Å². The molecule has 0 bridgehead atoms. The van der Waals surface area contributed by atoms with Crippen molar-refractivity contribution in [2.45, 2.75) is 32.9 Å². The molecule has 1 amide bonds. The number of hydrogen-bond acceptors (Lipinski definition) is 4. The third-order valence-corrected chi connectivity index (χ3v) is 6.41. The molecule has 1 aromatic carbocycles. The van der Waals surface area contributed by atoms with Crippen LogP contribution in [0.15, 0.2) is 48.8 Å². The van der Waals surface area contributed by atoms with Gasteiger partial charge in [-0.1, -0.05) is 23.7 Å². The summed E-state index contributed by atoms with van der Waals surface area (Å²) in [6, 6.07) is 11.2. The molecule has 0 N–H and O–H groups in total. The molecule has 0 radical (unpaired) electrons. The molecule has 6 nitrogen and oxygen atoms in total. The highest BCUT2D eigenvalue weighted by Crippen LogP contribution is 2.35. The number of imidazole rings is 1. The summed E-state index contributed by atoms with van der Waals surface area (Å²) >= 11 is 12.7. The molecule has 1 fully saturated rings. The number of nitrogens with zero attached hydrogens (tertiary/aromatic N) is 5. The van der Waals surface area contributed by atoms with Crippen LogP contribution in [-0.4, -0.2) is 62.0 Å². The zero-order valence-corrected chi connectivity index (χ0v) is 20.1. The van der Waals surface area contributed by atoms with Crippen LogP contribution in [-0.2, 0) is 11.3 Å². The highest BCUT2D eigenvalue weighted by molar-refractivity contribution is 6.30. The van der Waals surface area contributed by atoms with Gasteiger partial charge in [-0.15, -0.1) is 0 Å². The molecule has 1 aliphatic rings. The maximum absolute atomic E-state index is 13.2. The van der Waals surface area contributed by atoms with E-state index < -0.39 is 0 Å². The van der Waals surface area contributed by atoms with Gasteiger partial charge in [0.25, 0.3) is 0 Å². The maximum Gasteiger partial charge on any atom is 0.242 e. The van der Waals surface area contributed by atoms with E-state index in [4.69, 9.17) is 23.2 Å². The van der Waals surface area contributed by atoms with Crippen molar-refractivity contribution >= 4 is 29.1 Å². The van der Waals surface area contributed by atoms with Crippen LogP contribution in [0, 0.1) is 0 Å². The molecule has 0 aliphatic carbocycles. The lowest BCUT2D eigenvalue weighted by Gasteiger charge is -2.42. The number of rotatable bonds is 4. The lowest BCUT2D eigenvalue weighted by Crippen LogP contribution is -2.55. The second-order valence-corrected chi connectivity index (χ2v) is 9.72. The van der Waals surface area contributed by atoms with Gasteiger partial charge in [0.05, 0.1) is 11.4 Å². The Morgan fingerprint density at radius 1 is 0.938 bits per heavy atom. The topological polar surface area (TPSA) is 54.3 Å². The fourth-order valence-corrected chi connectivity index (χ4v) is 4.40. The number of benzene rings is 1. The number of halogens is 2. The summed E-state index contributed by atoms with van der Waals surface area (Å²) in [5.41, 5.74) is 3.39. The largest absolute Gasteiger partial charge is 0.339 e. The van der Waals surface area contributed by atoms with E-state index in [1.807, 2.05) is 41.3 Å². The Kier molecular flexibility index (Phi) is 6.56. The Morgan fingerprint density at radius 3 is 2.16 bits per heavy atom. The first-order valence-corrected chi connectivity index (χ1v) is 11.4. The molecule has 3 aromatic rings. The zero-order chi connectivity index (χ0) is 22.9. The number of hydrogen-bond donors (Lipinski definition) is 0. The SMILES string of the molecule is CC(C)(C)N1CCN(C(=O)Cn2c(Cl)nc(-c3ccc(Cl)cc3)c2-c2ccncc2)CC1. The smallest absolute Gasteiger partial charge is 0.242 e. The average molecular weight is 472 g/mol. The number of carbonyl (C=O) groups is 1. The van der Waals surface area contributed by atoms with Gasteiger partial charge in [0.2, 0.25) is 11.2 Å². The monoisotopic (exact) mass is 471 g/mol. The summed E-state index contributed by atoms with van der Waals surface area (Å²) in [5.74, 6) is 0.0378. The quantitative estimate of drug-likeness (QED) is 0.544. The molecule has 3 heterocycles. The van der Waals surface area contributed by atoms with E-state index in [0.29, 0.717) is 23.8 Å². The van der Waals surface area contributed by atoms with E-state index in [9.17, 15) is 4.79 Å². The predicted octanol–water partition coefficient (Wildman–Crippen LogP) is 4.86. The Labute approximate surface area is 198 Å². The molecule has 8 heteroatoms.